The van der Waals surface area contributed by atoms with Crippen LogP contribution in [0.3, 0.4) is 0 Å². The van der Waals surface area contributed by atoms with Crippen LogP contribution in [0, 0.1) is 19.8 Å². The van der Waals surface area contributed by atoms with Gasteiger partial charge in [0.15, 0.2) is 6.73 Å². The number of benzene rings is 1. The number of piperidine rings is 3. The molecule has 0 saturated carbocycles. The van der Waals surface area contributed by atoms with E-state index in [9.17, 15) is 4.79 Å². The molecule has 138 valence electrons. The summed E-state index contributed by atoms with van der Waals surface area (Å²) in [5.41, 5.74) is 2.75. The molecule has 5 rings (SSSR count). The van der Waals surface area contributed by atoms with Gasteiger partial charge in [-0.15, -0.1) is 0 Å². The maximum atomic E-state index is 12.5. The normalized spacial score (nSPS) is 24.5. The van der Waals surface area contributed by atoms with E-state index in [-0.39, 0.29) is 18.7 Å². The largest absolute Gasteiger partial charge is 0.471 e. The lowest BCUT2D eigenvalue weighted by Crippen LogP contribution is -2.57. The van der Waals surface area contributed by atoms with E-state index in [0.717, 1.165) is 17.9 Å². The third-order valence-corrected chi connectivity index (χ3v) is 5.53. The number of aryl methyl sites for hydroxylation is 2. The number of nitrogens with zero attached hydrogens (tertiary/aromatic N) is 3. The molecule has 1 N–H and O–H groups in total. The van der Waals surface area contributed by atoms with Gasteiger partial charge in [0.1, 0.15) is 11.4 Å². The predicted molar refractivity (Wildman–Crippen MR) is 99.2 cm³/mol. The summed E-state index contributed by atoms with van der Waals surface area (Å²) in [7, 11) is 0. The molecule has 3 saturated heterocycles. The molecular formula is C20H26N4O2. The van der Waals surface area contributed by atoms with Crippen LogP contribution < -0.4 is 10.1 Å². The van der Waals surface area contributed by atoms with Gasteiger partial charge in [-0.1, -0.05) is 17.7 Å². The van der Waals surface area contributed by atoms with Crippen molar-refractivity contribution in [1.82, 2.24) is 20.0 Å². The first-order chi connectivity index (χ1) is 12.6. The summed E-state index contributed by atoms with van der Waals surface area (Å²) in [6.45, 7) is 7.68. The summed E-state index contributed by atoms with van der Waals surface area (Å²) < 4.78 is 7.48. The highest BCUT2D eigenvalue weighted by Gasteiger charge is 2.35. The van der Waals surface area contributed by atoms with E-state index in [2.05, 4.69) is 28.3 Å². The van der Waals surface area contributed by atoms with Gasteiger partial charge in [-0.2, -0.15) is 5.10 Å². The molecule has 2 bridgehead atoms. The topological polar surface area (TPSA) is 59.4 Å². The lowest BCUT2D eigenvalue weighted by Gasteiger charge is -2.44. The van der Waals surface area contributed by atoms with Crippen molar-refractivity contribution in [2.45, 2.75) is 39.5 Å². The summed E-state index contributed by atoms with van der Waals surface area (Å²) in [4.78, 5) is 15.0. The molecule has 6 nitrogen and oxygen atoms in total. The van der Waals surface area contributed by atoms with Crippen molar-refractivity contribution in [2.75, 3.05) is 19.6 Å². The van der Waals surface area contributed by atoms with E-state index in [1.165, 1.54) is 31.5 Å². The average Bonchev–Trinajstić information content (AvgIpc) is 3.11. The Bertz CT molecular complexity index is 793. The van der Waals surface area contributed by atoms with Crippen molar-refractivity contribution < 1.29 is 9.53 Å². The van der Waals surface area contributed by atoms with Gasteiger partial charge in [0.25, 0.3) is 5.91 Å². The Morgan fingerprint density at radius 2 is 2.08 bits per heavy atom. The number of fused-ring (bicyclic) bond motifs is 3. The number of hydrogen-bond acceptors (Lipinski definition) is 4. The second-order valence-electron chi connectivity index (χ2n) is 7.50. The minimum Gasteiger partial charge on any atom is -0.471 e. The molecule has 0 spiro atoms. The standard InChI is InChI=1S/C20H26N4O2/c1-14-3-4-19(15(2)11-14)26-13-24-10-7-17(22-24)20(25)21-18-12-23-8-5-16(18)6-9-23/h3-4,7,10-11,16,18H,5-6,8-9,12-13H2,1-2H3,(H,21,25). The summed E-state index contributed by atoms with van der Waals surface area (Å²) in [6, 6.07) is 8.09. The fraction of sp³-hybridized carbons (Fsp3) is 0.500. The van der Waals surface area contributed by atoms with Crippen LogP contribution in [0.25, 0.3) is 0 Å². The lowest BCUT2D eigenvalue weighted by molar-refractivity contribution is 0.0617. The van der Waals surface area contributed by atoms with Crippen molar-refractivity contribution in [2.24, 2.45) is 5.92 Å². The highest BCUT2D eigenvalue weighted by Crippen LogP contribution is 2.27. The molecule has 3 fully saturated rings. The summed E-state index contributed by atoms with van der Waals surface area (Å²) in [5.74, 6) is 1.36. The Labute approximate surface area is 154 Å². The molecule has 1 amide bonds. The smallest absolute Gasteiger partial charge is 0.272 e. The van der Waals surface area contributed by atoms with E-state index in [0.29, 0.717) is 11.6 Å². The molecule has 1 aromatic heterocycles. The summed E-state index contributed by atoms with van der Waals surface area (Å²) in [5, 5.41) is 7.54. The lowest BCUT2D eigenvalue weighted by atomic mass is 9.84. The first kappa shape index (κ1) is 17.1. The Morgan fingerprint density at radius 1 is 1.27 bits per heavy atom. The van der Waals surface area contributed by atoms with E-state index in [1.807, 2.05) is 19.1 Å². The molecule has 1 atom stereocenters. The summed E-state index contributed by atoms with van der Waals surface area (Å²) in [6.07, 6.45) is 4.15. The van der Waals surface area contributed by atoms with E-state index in [1.54, 1.807) is 16.9 Å². The summed E-state index contributed by atoms with van der Waals surface area (Å²) >= 11 is 0. The fourth-order valence-electron chi connectivity index (χ4n) is 4.02. The predicted octanol–water partition coefficient (Wildman–Crippen LogP) is 2.36. The maximum absolute atomic E-state index is 12.5. The van der Waals surface area contributed by atoms with E-state index < -0.39 is 0 Å². The maximum Gasteiger partial charge on any atom is 0.272 e. The van der Waals surface area contributed by atoms with Crippen LogP contribution >= 0.6 is 0 Å². The highest BCUT2D eigenvalue weighted by molar-refractivity contribution is 5.92. The zero-order chi connectivity index (χ0) is 18.1. The molecule has 4 heterocycles. The number of rotatable bonds is 5. The van der Waals surface area contributed by atoms with Crippen LogP contribution in [0.15, 0.2) is 30.5 Å². The highest BCUT2D eigenvalue weighted by atomic mass is 16.5. The number of nitrogens with one attached hydrogen (secondary N) is 1. The Balaban J connectivity index is 1.34. The minimum atomic E-state index is -0.0889. The van der Waals surface area contributed by atoms with Gasteiger partial charge in [0.2, 0.25) is 0 Å². The first-order valence-corrected chi connectivity index (χ1v) is 9.35. The van der Waals surface area contributed by atoms with E-state index in [4.69, 9.17) is 4.74 Å². The Hall–Kier alpha value is -2.34. The molecular weight excluding hydrogens is 328 g/mol. The fourth-order valence-corrected chi connectivity index (χ4v) is 4.02. The van der Waals surface area contributed by atoms with Gasteiger partial charge >= 0.3 is 0 Å². The van der Waals surface area contributed by atoms with Gasteiger partial charge in [0, 0.05) is 18.8 Å². The number of amides is 1. The zero-order valence-electron chi connectivity index (χ0n) is 15.4. The third-order valence-electron chi connectivity index (χ3n) is 5.53. The quantitative estimate of drug-likeness (QED) is 0.895. The van der Waals surface area contributed by atoms with Crippen LogP contribution in [-0.4, -0.2) is 46.3 Å². The first-order valence-electron chi connectivity index (χ1n) is 9.35. The van der Waals surface area contributed by atoms with Crippen LogP contribution in [0.2, 0.25) is 0 Å². The Kier molecular flexibility index (Phi) is 4.68. The van der Waals surface area contributed by atoms with Gasteiger partial charge < -0.3 is 15.0 Å². The zero-order valence-corrected chi connectivity index (χ0v) is 15.4. The van der Waals surface area contributed by atoms with Crippen molar-refractivity contribution in [3.05, 3.63) is 47.3 Å². The van der Waals surface area contributed by atoms with Gasteiger partial charge in [-0.25, -0.2) is 4.68 Å². The van der Waals surface area contributed by atoms with Gasteiger partial charge in [-0.05, 0) is 63.4 Å². The average molecular weight is 354 g/mol. The molecule has 0 radical (unpaired) electrons. The monoisotopic (exact) mass is 354 g/mol. The SMILES string of the molecule is Cc1ccc(OCn2ccc(C(=O)NC3CN4CCC3CC4)n2)c(C)c1. The molecule has 6 heteroatoms. The molecule has 1 unspecified atom stereocenters. The number of hydrogen-bond donors (Lipinski definition) is 1. The van der Waals surface area contributed by atoms with Crippen molar-refractivity contribution in [1.29, 1.82) is 0 Å². The molecule has 3 aliphatic rings. The van der Waals surface area contributed by atoms with Crippen LogP contribution in [0.5, 0.6) is 5.75 Å². The van der Waals surface area contributed by atoms with Gasteiger partial charge in [-0.3, -0.25) is 4.79 Å². The van der Waals surface area contributed by atoms with Gasteiger partial charge in [0.05, 0.1) is 0 Å². The number of aromatic nitrogens is 2. The molecule has 26 heavy (non-hydrogen) atoms. The second kappa shape index (κ2) is 7.11. The number of ether oxygens (including phenoxy) is 1. The van der Waals surface area contributed by atoms with Crippen LogP contribution in [0.1, 0.15) is 34.5 Å². The third kappa shape index (κ3) is 3.60. The number of carbonyl (C=O) groups excluding carboxylic acids is 1. The second-order valence-corrected chi connectivity index (χ2v) is 7.50. The minimum absolute atomic E-state index is 0.0889. The molecule has 2 aromatic rings. The van der Waals surface area contributed by atoms with Crippen molar-refractivity contribution in [3.8, 4) is 5.75 Å². The van der Waals surface area contributed by atoms with Crippen molar-refractivity contribution in [3.63, 3.8) is 0 Å². The number of carbonyl (C=O) groups is 1. The van der Waals surface area contributed by atoms with Crippen molar-refractivity contribution >= 4 is 5.91 Å². The molecule has 1 aromatic carbocycles. The van der Waals surface area contributed by atoms with Crippen LogP contribution in [-0.2, 0) is 6.73 Å². The molecule has 3 aliphatic heterocycles. The van der Waals surface area contributed by atoms with E-state index >= 15 is 0 Å². The Morgan fingerprint density at radius 3 is 2.77 bits per heavy atom. The molecule has 0 aliphatic carbocycles. The van der Waals surface area contributed by atoms with Crippen LogP contribution in [0.4, 0.5) is 0 Å².